The summed E-state index contributed by atoms with van der Waals surface area (Å²) < 4.78 is 1.95. The van der Waals surface area contributed by atoms with Gasteiger partial charge in [-0.15, -0.1) is 0 Å². The highest BCUT2D eigenvalue weighted by atomic mass is 35.5. The zero-order valence-corrected chi connectivity index (χ0v) is 13.8. The molecule has 0 aliphatic heterocycles. The van der Waals surface area contributed by atoms with Crippen LogP contribution in [-0.4, -0.2) is 21.3 Å². The van der Waals surface area contributed by atoms with Crippen molar-refractivity contribution in [1.82, 2.24) is 20.1 Å². The molecule has 1 atom stereocenters. The fourth-order valence-electron chi connectivity index (χ4n) is 2.35. The summed E-state index contributed by atoms with van der Waals surface area (Å²) in [5.41, 5.74) is 0.997. The SMILES string of the molecule is CCCn1ncnc1CC(NCC)c1cc(Cl)ccc1Cl. The van der Waals surface area contributed by atoms with Gasteiger partial charge in [-0.25, -0.2) is 4.98 Å². The summed E-state index contributed by atoms with van der Waals surface area (Å²) in [6, 6.07) is 5.62. The summed E-state index contributed by atoms with van der Waals surface area (Å²) in [5.74, 6) is 0.957. The Morgan fingerprint density at radius 3 is 2.81 bits per heavy atom. The van der Waals surface area contributed by atoms with Gasteiger partial charge in [-0.05, 0) is 36.7 Å². The topological polar surface area (TPSA) is 42.7 Å². The molecule has 0 aliphatic carbocycles. The summed E-state index contributed by atoms with van der Waals surface area (Å²) in [4.78, 5) is 4.37. The van der Waals surface area contributed by atoms with Crippen LogP contribution in [0.25, 0.3) is 0 Å². The highest BCUT2D eigenvalue weighted by Crippen LogP contribution is 2.28. The van der Waals surface area contributed by atoms with Crippen LogP contribution >= 0.6 is 23.2 Å². The second kappa shape index (κ2) is 7.78. The van der Waals surface area contributed by atoms with E-state index in [0.29, 0.717) is 10.0 Å². The van der Waals surface area contributed by atoms with Gasteiger partial charge >= 0.3 is 0 Å². The van der Waals surface area contributed by atoms with Crippen LogP contribution in [0, 0.1) is 0 Å². The number of aromatic nitrogens is 3. The van der Waals surface area contributed by atoms with Gasteiger partial charge in [-0.1, -0.05) is 37.0 Å². The van der Waals surface area contributed by atoms with Gasteiger partial charge in [0.15, 0.2) is 0 Å². The van der Waals surface area contributed by atoms with Gasteiger partial charge in [0.2, 0.25) is 0 Å². The Balaban J connectivity index is 2.26. The number of halogens is 2. The summed E-state index contributed by atoms with van der Waals surface area (Å²) in [5, 5.41) is 9.12. The third-order valence-electron chi connectivity index (χ3n) is 3.30. The van der Waals surface area contributed by atoms with Gasteiger partial charge in [-0.2, -0.15) is 5.10 Å². The predicted molar refractivity (Wildman–Crippen MR) is 86.9 cm³/mol. The molecule has 114 valence electrons. The van der Waals surface area contributed by atoms with Crippen molar-refractivity contribution in [2.75, 3.05) is 6.54 Å². The molecule has 1 aromatic carbocycles. The van der Waals surface area contributed by atoms with Gasteiger partial charge in [0.25, 0.3) is 0 Å². The van der Waals surface area contributed by atoms with E-state index in [1.54, 1.807) is 12.4 Å². The Hall–Kier alpha value is -1.10. The number of hydrogen-bond donors (Lipinski definition) is 1. The molecular weight excluding hydrogens is 307 g/mol. The average Bonchev–Trinajstić information content (AvgIpc) is 2.89. The Morgan fingerprint density at radius 1 is 1.29 bits per heavy atom. The van der Waals surface area contributed by atoms with E-state index in [1.807, 2.05) is 16.8 Å². The molecule has 4 nitrogen and oxygen atoms in total. The van der Waals surface area contributed by atoms with Crippen LogP contribution in [0.3, 0.4) is 0 Å². The number of aryl methyl sites for hydroxylation is 1. The van der Waals surface area contributed by atoms with Crippen LogP contribution in [0.5, 0.6) is 0 Å². The maximum atomic E-state index is 6.33. The Labute approximate surface area is 135 Å². The fourth-order valence-corrected chi connectivity index (χ4v) is 2.78. The normalized spacial score (nSPS) is 12.6. The minimum absolute atomic E-state index is 0.0704. The first-order valence-corrected chi connectivity index (χ1v) is 7.96. The van der Waals surface area contributed by atoms with Gasteiger partial charge < -0.3 is 5.32 Å². The van der Waals surface area contributed by atoms with Crippen molar-refractivity contribution in [3.63, 3.8) is 0 Å². The van der Waals surface area contributed by atoms with Crippen molar-refractivity contribution in [2.24, 2.45) is 0 Å². The summed E-state index contributed by atoms with van der Waals surface area (Å²) >= 11 is 12.4. The van der Waals surface area contributed by atoms with Crippen LogP contribution in [0.4, 0.5) is 0 Å². The van der Waals surface area contributed by atoms with Gasteiger partial charge in [0, 0.05) is 29.1 Å². The number of nitrogens with one attached hydrogen (secondary N) is 1. The van der Waals surface area contributed by atoms with Crippen LogP contribution in [0.15, 0.2) is 24.5 Å². The van der Waals surface area contributed by atoms with E-state index in [4.69, 9.17) is 23.2 Å². The van der Waals surface area contributed by atoms with E-state index in [-0.39, 0.29) is 6.04 Å². The van der Waals surface area contributed by atoms with Gasteiger partial charge in [0.1, 0.15) is 12.2 Å². The van der Waals surface area contributed by atoms with Crippen LogP contribution < -0.4 is 5.32 Å². The Bertz CT molecular complexity index is 583. The number of hydrogen-bond acceptors (Lipinski definition) is 3. The van der Waals surface area contributed by atoms with Crippen molar-refractivity contribution in [1.29, 1.82) is 0 Å². The molecule has 0 radical (unpaired) electrons. The molecule has 0 saturated heterocycles. The number of rotatable bonds is 7. The highest BCUT2D eigenvalue weighted by Gasteiger charge is 2.18. The largest absolute Gasteiger partial charge is 0.310 e. The Morgan fingerprint density at radius 2 is 2.10 bits per heavy atom. The number of benzene rings is 1. The smallest absolute Gasteiger partial charge is 0.138 e. The molecule has 1 heterocycles. The van der Waals surface area contributed by atoms with Crippen molar-refractivity contribution >= 4 is 23.2 Å². The molecule has 0 bridgehead atoms. The van der Waals surface area contributed by atoms with E-state index in [9.17, 15) is 0 Å². The number of nitrogens with zero attached hydrogens (tertiary/aromatic N) is 3. The molecule has 0 saturated carbocycles. The first-order chi connectivity index (χ1) is 10.2. The van der Waals surface area contributed by atoms with Gasteiger partial charge in [0.05, 0.1) is 0 Å². The highest BCUT2D eigenvalue weighted by molar-refractivity contribution is 6.33. The van der Waals surface area contributed by atoms with E-state index in [1.165, 1.54) is 0 Å². The fraction of sp³-hybridized carbons (Fsp3) is 0.467. The second-order valence-corrected chi connectivity index (χ2v) is 5.72. The molecule has 1 unspecified atom stereocenters. The minimum Gasteiger partial charge on any atom is -0.310 e. The van der Waals surface area contributed by atoms with Crippen LogP contribution in [0.1, 0.15) is 37.7 Å². The molecule has 21 heavy (non-hydrogen) atoms. The van der Waals surface area contributed by atoms with Crippen LogP contribution in [0.2, 0.25) is 10.0 Å². The summed E-state index contributed by atoms with van der Waals surface area (Å²) in [7, 11) is 0. The van der Waals surface area contributed by atoms with Crippen LogP contribution in [-0.2, 0) is 13.0 Å². The lowest BCUT2D eigenvalue weighted by Gasteiger charge is -2.20. The van der Waals surface area contributed by atoms with Crippen molar-refractivity contribution < 1.29 is 0 Å². The third kappa shape index (κ3) is 4.19. The molecule has 0 aliphatic rings. The van der Waals surface area contributed by atoms with E-state index in [0.717, 1.165) is 37.3 Å². The molecule has 0 spiro atoms. The predicted octanol–water partition coefficient (Wildman–Crippen LogP) is 3.89. The molecular formula is C15H20Cl2N4. The maximum Gasteiger partial charge on any atom is 0.138 e. The second-order valence-electron chi connectivity index (χ2n) is 4.88. The zero-order chi connectivity index (χ0) is 15.2. The minimum atomic E-state index is 0.0704. The average molecular weight is 327 g/mol. The van der Waals surface area contributed by atoms with E-state index < -0.39 is 0 Å². The summed E-state index contributed by atoms with van der Waals surface area (Å²) in [6.07, 6.45) is 3.36. The zero-order valence-electron chi connectivity index (χ0n) is 12.3. The van der Waals surface area contributed by atoms with Gasteiger partial charge in [-0.3, -0.25) is 4.68 Å². The molecule has 2 aromatic rings. The van der Waals surface area contributed by atoms with Crippen molar-refractivity contribution in [2.45, 2.75) is 39.3 Å². The molecule has 2 rings (SSSR count). The van der Waals surface area contributed by atoms with Crippen molar-refractivity contribution in [3.8, 4) is 0 Å². The first kappa shape index (κ1) is 16.3. The first-order valence-electron chi connectivity index (χ1n) is 7.20. The molecule has 0 amide bonds. The lowest BCUT2D eigenvalue weighted by Crippen LogP contribution is -2.25. The standard InChI is InChI=1S/C15H20Cl2N4/c1-3-7-21-15(19-10-20-21)9-14(18-4-2)12-8-11(16)5-6-13(12)17/h5-6,8,10,14,18H,3-4,7,9H2,1-2H3. The quantitative estimate of drug-likeness (QED) is 0.839. The molecule has 6 heteroatoms. The summed E-state index contributed by atoms with van der Waals surface area (Å²) in [6.45, 7) is 5.91. The Kier molecular flexibility index (Phi) is 6.03. The lowest BCUT2D eigenvalue weighted by molar-refractivity contribution is 0.499. The third-order valence-corrected chi connectivity index (χ3v) is 3.88. The molecule has 1 aromatic heterocycles. The lowest BCUT2D eigenvalue weighted by atomic mass is 10.0. The monoisotopic (exact) mass is 326 g/mol. The number of likely N-dealkylation sites (N-methyl/N-ethyl adjacent to an activating group) is 1. The maximum absolute atomic E-state index is 6.33. The van der Waals surface area contributed by atoms with Crippen molar-refractivity contribution in [3.05, 3.63) is 46.0 Å². The van der Waals surface area contributed by atoms with E-state index in [2.05, 4.69) is 29.2 Å². The van der Waals surface area contributed by atoms with E-state index >= 15 is 0 Å². The molecule has 0 fully saturated rings. The molecule has 1 N–H and O–H groups in total.